The number of nitrogens with zero attached hydrogens (tertiary/aromatic N) is 2. The molecule has 1 fully saturated rings. The van der Waals surface area contributed by atoms with E-state index in [4.69, 9.17) is 11.6 Å². The van der Waals surface area contributed by atoms with Crippen molar-refractivity contribution in [1.29, 1.82) is 0 Å². The summed E-state index contributed by atoms with van der Waals surface area (Å²) in [6.45, 7) is 2.77. The molecule has 1 saturated heterocycles. The Kier molecular flexibility index (Phi) is 3.76. The number of rotatable bonds is 3. The van der Waals surface area contributed by atoms with Gasteiger partial charge in [-0.05, 0) is 37.3 Å². The predicted octanol–water partition coefficient (Wildman–Crippen LogP) is 3.72. The molecule has 1 aromatic heterocycles. The van der Waals surface area contributed by atoms with Crippen molar-refractivity contribution in [2.45, 2.75) is 12.3 Å². The number of carbonyl (C=O) groups is 1. The first kappa shape index (κ1) is 13.6. The summed E-state index contributed by atoms with van der Waals surface area (Å²) in [6.07, 6.45) is 4.11. The van der Waals surface area contributed by atoms with Crippen molar-refractivity contribution in [1.82, 2.24) is 9.47 Å². The predicted molar refractivity (Wildman–Crippen MR) is 83.4 cm³/mol. The van der Waals surface area contributed by atoms with Crippen LogP contribution in [0.4, 0.5) is 0 Å². The molecule has 3 rings (SSSR count). The van der Waals surface area contributed by atoms with Crippen LogP contribution in [0.3, 0.4) is 0 Å². The topological polar surface area (TPSA) is 25.2 Å². The first-order valence-electron chi connectivity index (χ1n) is 6.54. The maximum absolute atomic E-state index is 11.8. The Morgan fingerprint density at radius 3 is 2.75 bits per heavy atom. The van der Waals surface area contributed by atoms with Gasteiger partial charge < -0.3 is 9.47 Å². The Morgan fingerprint density at radius 1 is 1.30 bits per heavy atom. The van der Waals surface area contributed by atoms with E-state index in [0.717, 1.165) is 22.8 Å². The molecule has 0 N–H and O–H groups in total. The highest BCUT2D eigenvalue weighted by atomic mass is 35.5. The van der Waals surface area contributed by atoms with Crippen LogP contribution in [0.25, 0.3) is 5.69 Å². The van der Waals surface area contributed by atoms with Gasteiger partial charge in [0.2, 0.25) is 5.91 Å². The molecule has 20 heavy (non-hydrogen) atoms. The van der Waals surface area contributed by atoms with Crippen molar-refractivity contribution in [3.8, 4) is 5.69 Å². The summed E-state index contributed by atoms with van der Waals surface area (Å²) in [5.74, 6) is 0.798. The Bertz CT molecular complexity index is 623. The number of hydrogen-bond donors (Lipinski definition) is 0. The molecule has 1 aliphatic heterocycles. The molecule has 0 radical (unpaired) electrons. The van der Waals surface area contributed by atoms with Crippen LogP contribution in [0.1, 0.15) is 17.9 Å². The van der Waals surface area contributed by atoms with Crippen molar-refractivity contribution < 1.29 is 4.79 Å². The van der Waals surface area contributed by atoms with Gasteiger partial charge in [-0.1, -0.05) is 11.6 Å². The monoisotopic (exact) mass is 306 g/mol. The average Bonchev–Trinajstić information content (AvgIpc) is 3.06. The zero-order chi connectivity index (χ0) is 14.1. The first-order chi connectivity index (χ1) is 9.69. The lowest BCUT2D eigenvalue weighted by molar-refractivity contribution is -0.127. The smallest absolute Gasteiger partial charge is 0.233 e. The SMILES string of the molecule is CCN1C(=O)CSC1c1ccn(-c2ccc(Cl)cc2)c1. The highest BCUT2D eigenvalue weighted by molar-refractivity contribution is 8.00. The number of benzene rings is 1. The molecule has 5 heteroatoms. The van der Waals surface area contributed by atoms with E-state index < -0.39 is 0 Å². The fraction of sp³-hybridized carbons (Fsp3) is 0.267. The lowest BCUT2D eigenvalue weighted by Crippen LogP contribution is -2.27. The summed E-state index contributed by atoms with van der Waals surface area (Å²) in [5, 5.41) is 0.872. The second-order valence-electron chi connectivity index (χ2n) is 4.67. The van der Waals surface area contributed by atoms with Crippen molar-refractivity contribution in [2.24, 2.45) is 0 Å². The number of hydrogen-bond acceptors (Lipinski definition) is 2. The highest BCUT2D eigenvalue weighted by Gasteiger charge is 2.31. The maximum atomic E-state index is 11.8. The third kappa shape index (κ3) is 2.45. The van der Waals surface area contributed by atoms with E-state index >= 15 is 0 Å². The molecule has 2 aromatic rings. The first-order valence-corrected chi connectivity index (χ1v) is 7.96. The number of amides is 1. The van der Waals surface area contributed by atoms with Crippen LogP contribution in [0.5, 0.6) is 0 Å². The highest BCUT2D eigenvalue weighted by Crippen LogP contribution is 2.38. The van der Waals surface area contributed by atoms with Gasteiger partial charge in [-0.25, -0.2) is 0 Å². The van der Waals surface area contributed by atoms with Crippen molar-refractivity contribution in [3.05, 3.63) is 53.3 Å². The van der Waals surface area contributed by atoms with Gasteiger partial charge in [-0.15, -0.1) is 11.8 Å². The summed E-state index contributed by atoms with van der Waals surface area (Å²) < 4.78 is 2.06. The second-order valence-corrected chi connectivity index (χ2v) is 6.18. The fourth-order valence-electron chi connectivity index (χ4n) is 2.41. The normalized spacial score (nSPS) is 18.8. The molecule has 0 saturated carbocycles. The van der Waals surface area contributed by atoms with E-state index in [0.29, 0.717) is 5.75 Å². The van der Waals surface area contributed by atoms with Crippen LogP contribution < -0.4 is 0 Å². The second kappa shape index (κ2) is 5.54. The largest absolute Gasteiger partial charge is 0.326 e. The van der Waals surface area contributed by atoms with Gasteiger partial charge in [0.1, 0.15) is 5.37 Å². The van der Waals surface area contributed by atoms with Gasteiger partial charge in [0.05, 0.1) is 5.75 Å². The van der Waals surface area contributed by atoms with E-state index in [2.05, 4.69) is 16.8 Å². The minimum atomic E-state index is 0.140. The van der Waals surface area contributed by atoms with Crippen LogP contribution in [0, 0.1) is 0 Å². The van der Waals surface area contributed by atoms with Gasteiger partial charge in [-0.3, -0.25) is 4.79 Å². The van der Waals surface area contributed by atoms with Crippen molar-refractivity contribution >= 4 is 29.3 Å². The van der Waals surface area contributed by atoms with Crippen LogP contribution in [-0.4, -0.2) is 27.7 Å². The van der Waals surface area contributed by atoms with E-state index in [-0.39, 0.29) is 11.3 Å². The molecule has 1 atom stereocenters. The van der Waals surface area contributed by atoms with Crippen LogP contribution in [0.15, 0.2) is 42.7 Å². The lowest BCUT2D eigenvalue weighted by Gasteiger charge is -2.21. The van der Waals surface area contributed by atoms with Gasteiger partial charge in [0.15, 0.2) is 0 Å². The summed E-state index contributed by atoms with van der Waals surface area (Å²) in [6, 6.07) is 9.80. The molecular weight excluding hydrogens is 292 g/mol. The molecule has 1 unspecified atom stereocenters. The van der Waals surface area contributed by atoms with Gasteiger partial charge in [0, 0.05) is 35.2 Å². The Hall–Kier alpha value is -1.39. The number of halogens is 1. The molecule has 0 aliphatic carbocycles. The van der Waals surface area contributed by atoms with Crippen LogP contribution >= 0.6 is 23.4 Å². The van der Waals surface area contributed by atoms with E-state index in [1.54, 1.807) is 11.8 Å². The quantitative estimate of drug-likeness (QED) is 0.863. The number of thioether (sulfide) groups is 1. The van der Waals surface area contributed by atoms with E-state index in [1.807, 2.05) is 42.3 Å². The Morgan fingerprint density at radius 2 is 2.05 bits per heavy atom. The van der Waals surface area contributed by atoms with Gasteiger partial charge >= 0.3 is 0 Å². The van der Waals surface area contributed by atoms with Crippen molar-refractivity contribution in [3.63, 3.8) is 0 Å². The van der Waals surface area contributed by atoms with Gasteiger partial charge in [0.25, 0.3) is 0 Å². The fourth-order valence-corrected chi connectivity index (χ4v) is 3.78. The lowest BCUT2D eigenvalue weighted by atomic mass is 10.3. The maximum Gasteiger partial charge on any atom is 0.233 e. The van der Waals surface area contributed by atoms with Crippen LogP contribution in [0.2, 0.25) is 5.02 Å². The van der Waals surface area contributed by atoms with Crippen molar-refractivity contribution in [2.75, 3.05) is 12.3 Å². The van der Waals surface area contributed by atoms with E-state index in [9.17, 15) is 4.79 Å². The molecule has 2 heterocycles. The van der Waals surface area contributed by atoms with E-state index in [1.165, 1.54) is 0 Å². The minimum absolute atomic E-state index is 0.140. The summed E-state index contributed by atoms with van der Waals surface area (Å²) in [4.78, 5) is 13.7. The Balaban J connectivity index is 1.87. The third-order valence-corrected chi connectivity index (χ3v) is 4.94. The van der Waals surface area contributed by atoms with Gasteiger partial charge in [-0.2, -0.15) is 0 Å². The standard InChI is InChI=1S/C15H15ClN2OS/c1-2-18-14(19)10-20-15(18)11-7-8-17(9-11)13-5-3-12(16)4-6-13/h3-9,15H,2,10H2,1H3. The molecule has 0 spiro atoms. The zero-order valence-corrected chi connectivity index (χ0v) is 12.7. The number of aromatic nitrogens is 1. The summed E-state index contributed by atoms with van der Waals surface area (Å²) in [7, 11) is 0. The summed E-state index contributed by atoms with van der Waals surface area (Å²) >= 11 is 7.59. The molecule has 0 bridgehead atoms. The molecule has 3 nitrogen and oxygen atoms in total. The number of carbonyl (C=O) groups excluding carboxylic acids is 1. The summed E-state index contributed by atoms with van der Waals surface area (Å²) in [5.41, 5.74) is 2.23. The minimum Gasteiger partial charge on any atom is -0.326 e. The molecular formula is C15H15ClN2OS. The molecule has 1 amide bonds. The molecule has 104 valence electrons. The Labute approximate surface area is 127 Å². The average molecular weight is 307 g/mol. The van der Waals surface area contributed by atoms with Crippen LogP contribution in [-0.2, 0) is 4.79 Å². The third-order valence-electron chi connectivity index (χ3n) is 3.43. The molecule has 1 aliphatic rings. The zero-order valence-electron chi connectivity index (χ0n) is 11.1. The molecule has 1 aromatic carbocycles.